The predicted molar refractivity (Wildman–Crippen MR) is 117 cm³/mol. The molecule has 10 heteroatoms. The Labute approximate surface area is 177 Å². The van der Waals surface area contributed by atoms with Crippen LogP contribution in [0.1, 0.15) is 26.3 Å². The number of nitrogens with zero attached hydrogens (tertiary/aromatic N) is 1. The number of nitrogens with one attached hydrogen (secondary N) is 3. The summed E-state index contributed by atoms with van der Waals surface area (Å²) in [5.41, 5.74) is 0.202. The average molecular weight is 523 g/mol. The Kier molecular flexibility index (Phi) is 10.6. The first kappa shape index (κ1) is 24.7. The summed E-state index contributed by atoms with van der Waals surface area (Å²) in [5.74, 6) is 0.576. The maximum Gasteiger partial charge on any atom is 0.209 e. The van der Waals surface area contributed by atoms with Crippen molar-refractivity contribution in [2.75, 3.05) is 19.3 Å². The molecule has 6 nitrogen and oxygen atoms in total. The Morgan fingerprint density at radius 1 is 1.24 bits per heavy atom. The topological polar surface area (TPSA) is 82.6 Å². The van der Waals surface area contributed by atoms with Gasteiger partial charge in [0.15, 0.2) is 5.96 Å². The number of hydrogen-bond acceptors (Lipinski definition) is 3. The van der Waals surface area contributed by atoms with E-state index in [1.54, 1.807) is 26.0 Å². The second-order valence-electron chi connectivity index (χ2n) is 6.04. The molecular formula is C15H25Cl2IN4O2S. The van der Waals surface area contributed by atoms with Gasteiger partial charge in [-0.15, -0.1) is 24.0 Å². The first-order valence-corrected chi connectivity index (χ1v) is 10.1. The van der Waals surface area contributed by atoms with E-state index in [9.17, 15) is 8.42 Å². The van der Waals surface area contributed by atoms with E-state index in [0.717, 1.165) is 11.8 Å². The van der Waals surface area contributed by atoms with Gasteiger partial charge in [0.25, 0.3) is 0 Å². The van der Waals surface area contributed by atoms with Crippen LogP contribution in [-0.2, 0) is 16.6 Å². The molecule has 0 unspecified atom stereocenters. The molecule has 0 radical (unpaired) electrons. The Balaban J connectivity index is 0.00000576. The highest BCUT2D eigenvalue weighted by Crippen LogP contribution is 2.21. The average Bonchev–Trinajstić information content (AvgIpc) is 2.41. The largest absolute Gasteiger partial charge is 0.357 e. The summed E-state index contributed by atoms with van der Waals surface area (Å²) in [4.78, 5) is 4.46. The van der Waals surface area contributed by atoms with Gasteiger partial charge in [-0.1, -0.05) is 29.3 Å². The lowest BCUT2D eigenvalue weighted by Crippen LogP contribution is -2.53. The van der Waals surface area contributed by atoms with Crippen molar-refractivity contribution in [3.63, 3.8) is 0 Å². The SMILES string of the molecule is CCNC(=NCc1ccc(Cl)cc1Cl)NCC(C)(C)NS(C)(=O)=O.I. The van der Waals surface area contributed by atoms with E-state index in [-0.39, 0.29) is 24.0 Å². The number of sulfonamides is 1. The van der Waals surface area contributed by atoms with Gasteiger partial charge in [0.2, 0.25) is 10.0 Å². The van der Waals surface area contributed by atoms with Crippen LogP contribution in [0.15, 0.2) is 23.2 Å². The van der Waals surface area contributed by atoms with Crippen LogP contribution in [0.25, 0.3) is 0 Å². The second-order valence-corrected chi connectivity index (χ2v) is 8.63. The van der Waals surface area contributed by atoms with E-state index in [1.165, 1.54) is 0 Å². The van der Waals surface area contributed by atoms with Gasteiger partial charge < -0.3 is 10.6 Å². The highest BCUT2D eigenvalue weighted by molar-refractivity contribution is 14.0. The zero-order valence-corrected chi connectivity index (χ0v) is 19.3. The van der Waals surface area contributed by atoms with Crippen LogP contribution in [0.5, 0.6) is 0 Å². The third-order valence-corrected chi connectivity index (χ3v) is 4.44. The van der Waals surface area contributed by atoms with Crippen molar-refractivity contribution in [2.45, 2.75) is 32.9 Å². The number of rotatable bonds is 7. The minimum absolute atomic E-state index is 0. The van der Waals surface area contributed by atoms with Gasteiger partial charge in [-0.25, -0.2) is 18.1 Å². The number of hydrogen-bond donors (Lipinski definition) is 3. The fourth-order valence-electron chi connectivity index (χ4n) is 2.00. The Morgan fingerprint density at radius 2 is 1.88 bits per heavy atom. The molecule has 0 aliphatic carbocycles. The molecule has 0 saturated heterocycles. The van der Waals surface area contributed by atoms with Crippen LogP contribution in [0, 0.1) is 0 Å². The summed E-state index contributed by atoms with van der Waals surface area (Å²) in [6.45, 7) is 6.97. The number of aliphatic imine (C=N–C) groups is 1. The van der Waals surface area contributed by atoms with Gasteiger partial charge in [-0.05, 0) is 38.5 Å². The normalized spacial score (nSPS) is 12.5. The molecule has 0 saturated carbocycles. The quantitative estimate of drug-likeness (QED) is 0.292. The van der Waals surface area contributed by atoms with Crippen LogP contribution >= 0.6 is 47.2 Å². The highest BCUT2D eigenvalue weighted by atomic mass is 127. The number of halogens is 3. The lowest BCUT2D eigenvalue weighted by atomic mass is 10.1. The van der Waals surface area contributed by atoms with Crippen molar-refractivity contribution in [3.05, 3.63) is 33.8 Å². The van der Waals surface area contributed by atoms with Crippen LogP contribution in [0.2, 0.25) is 10.0 Å². The van der Waals surface area contributed by atoms with Crippen LogP contribution < -0.4 is 15.4 Å². The van der Waals surface area contributed by atoms with Gasteiger partial charge >= 0.3 is 0 Å². The van der Waals surface area contributed by atoms with E-state index in [0.29, 0.717) is 35.6 Å². The summed E-state index contributed by atoms with van der Waals surface area (Å²) >= 11 is 12.0. The fraction of sp³-hybridized carbons (Fsp3) is 0.533. The van der Waals surface area contributed by atoms with E-state index in [1.807, 2.05) is 13.0 Å². The molecule has 1 aromatic rings. The van der Waals surface area contributed by atoms with Gasteiger partial charge in [-0.2, -0.15) is 0 Å². The van der Waals surface area contributed by atoms with Gasteiger partial charge in [0.05, 0.1) is 12.8 Å². The van der Waals surface area contributed by atoms with E-state index >= 15 is 0 Å². The molecule has 0 aliphatic heterocycles. The lowest BCUT2D eigenvalue weighted by molar-refractivity contribution is 0.446. The molecule has 3 N–H and O–H groups in total. The zero-order chi connectivity index (χ0) is 18.4. The number of benzene rings is 1. The molecular weight excluding hydrogens is 498 g/mol. The molecule has 144 valence electrons. The van der Waals surface area contributed by atoms with E-state index < -0.39 is 15.6 Å². The van der Waals surface area contributed by atoms with Gasteiger partial charge in [-0.3, -0.25) is 0 Å². The minimum atomic E-state index is -3.29. The monoisotopic (exact) mass is 522 g/mol. The molecule has 0 aliphatic rings. The van der Waals surface area contributed by atoms with Crippen molar-refractivity contribution >= 4 is 63.2 Å². The summed E-state index contributed by atoms with van der Waals surface area (Å²) < 4.78 is 25.3. The Morgan fingerprint density at radius 3 is 2.40 bits per heavy atom. The van der Waals surface area contributed by atoms with E-state index in [4.69, 9.17) is 23.2 Å². The Hall–Kier alpha value is -0.290. The molecule has 1 rings (SSSR count). The molecule has 0 bridgehead atoms. The maximum atomic E-state index is 11.4. The molecule has 0 spiro atoms. The zero-order valence-electron chi connectivity index (χ0n) is 14.7. The lowest BCUT2D eigenvalue weighted by Gasteiger charge is -2.26. The maximum absolute atomic E-state index is 11.4. The second kappa shape index (κ2) is 10.8. The van der Waals surface area contributed by atoms with Crippen LogP contribution in [0.4, 0.5) is 0 Å². The molecule has 25 heavy (non-hydrogen) atoms. The van der Waals surface area contributed by atoms with Crippen LogP contribution in [0.3, 0.4) is 0 Å². The van der Waals surface area contributed by atoms with E-state index in [2.05, 4.69) is 20.3 Å². The molecule has 1 aromatic carbocycles. The summed E-state index contributed by atoms with van der Waals surface area (Å²) in [5, 5.41) is 7.37. The third kappa shape index (κ3) is 10.4. The molecule has 0 atom stereocenters. The van der Waals surface area contributed by atoms with Crippen molar-refractivity contribution in [3.8, 4) is 0 Å². The Bertz CT molecular complexity index is 697. The molecule has 0 aromatic heterocycles. The van der Waals surface area contributed by atoms with Crippen molar-refractivity contribution in [2.24, 2.45) is 4.99 Å². The predicted octanol–water partition coefficient (Wildman–Crippen LogP) is 2.99. The fourth-order valence-corrected chi connectivity index (χ4v) is 3.54. The summed E-state index contributed by atoms with van der Waals surface area (Å²) in [6.07, 6.45) is 1.14. The van der Waals surface area contributed by atoms with Gasteiger partial charge in [0.1, 0.15) is 0 Å². The first-order valence-electron chi connectivity index (χ1n) is 7.47. The molecule has 0 fully saturated rings. The smallest absolute Gasteiger partial charge is 0.209 e. The number of guanidine groups is 1. The molecule has 0 amide bonds. The van der Waals surface area contributed by atoms with Crippen LogP contribution in [-0.4, -0.2) is 39.3 Å². The first-order chi connectivity index (χ1) is 11.0. The minimum Gasteiger partial charge on any atom is -0.357 e. The molecule has 0 heterocycles. The summed E-state index contributed by atoms with van der Waals surface area (Å²) in [6, 6.07) is 5.26. The standard InChI is InChI=1S/C15H24Cl2N4O2S.HI/c1-5-18-14(20-10-15(2,3)21-24(4,22)23)19-9-11-6-7-12(16)8-13(11)17;/h6-8,21H,5,9-10H2,1-4H3,(H2,18,19,20);1H. The van der Waals surface area contributed by atoms with Crippen molar-refractivity contribution in [1.29, 1.82) is 0 Å². The third-order valence-electron chi connectivity index (χ3n) is 2.93. The highest BCUT2D eigenvalue weighted by Gasteiger charge is 2.22. The summed E-state index contributed by atoms with van der Waals surface area (Å²) in [7, 11) is -3.29. The van der Waals surface area contributed by atoms with Gasteiger partial charge in [0, 0.05) is 28.7 Å². The van der Waals surface area contributed by atoms with Crippen molar-refractivity contribution < 1.29 is 8.42 Å². The van der Waals surface area contributed by atoms with Crippen molar-refractivity contribution in [1.82, 2.24) is 15.4 Å².